The first kappa shape index (κ1) is 22.3. The van der Waals surface area contributed by atoms with E-state index in [-0.39, 0.29) is 29.7 Å². The van der Waals surface area contributed by atoms with E-state index in [2.05, 4.69) is 19.9 Å². The van der Waals surface area contributed by atoms with Crippen molar-refractivity contribution in [3.8, 4) is 0 Å². The molecule has 3 heterocycles. The first-order valence-corrected chi connectivity index (χ1v) is 11.9. The highest BCUT2D eigenvalue weighted by atomic mass is 35.5. The van der Waals surface area contributed by atoms with E-state index < -0.39 is 0 Å². The quantitative estimate of drug-likeness (QED) is 0.511. The first-order valence-electron chi connectivity index (χ1n) is 10.7. The Morgan fingerprint density at radius 3 is 2.79 bits per heavy atom. The van der Waals surface area contributed by atoms with Gasteiger partial charge < -0.3 is 21.5 Å². The molecule has 0 unspecified atom stereocenters. The van der Waals surface area contributed by atoms with E-state index in [0.29, 0.717) is 21.6 Å². The lowest BCUT2D eigenvalue weighted by molar-refractivity contribution is 0.186. The summed E-state index contributed by atoms with van der Waals surface area (Å²) in [6, 6.07) is 6.53. The third-order valence-corrected chi connectivity index (χ3v) is 8.22. The Morgan fingerprint density at radius 2 is 2.03 bits per heavy atom. The number of hydrogen-bond donors (Lipinski definition) is 3. The number of pyridine rings is 1. The molecule has 1 atom stereocenters. The van der Waals surface area contributed by atoms with Crippen molar-refractivity contribution in [1.82, 2.24) is 15.0 Å². The molecule has 1 saturated heterocycles. The molecular weight excluding hydrogens is 463 g/mol. The molecule has 1 fully saturated rings. The fraction of sp³-hybridized carbons (Fsp3) is 0.348. The zero-order valence-corrected chi connectivity index (χ0v) is 19.4. The molecule has 2 aromatic heterocycles. The average Bonchev–Trinajstić information content (AvgIpc) is 3.08. The minimum Gasteiger partial charge on any atom is -0.390 e. The molecule has 172 valence electrons. The Labute approximate surface area is 200 Å². The standard InChI is InChI=1S/C23H24ClFN6OS/c24-19-17(3-6-28-21(19)27)33-18-11-29-22(16(12-32)30-18)31-7-4-23(5-8-31)10-13-1-2-14(25)9-15(13)20(23)26/h1-3,6,9,11,20,32H,4-5,7-8,10,12,26H2,(H2,27,28)/t20-/m1/s1. The second-order valence-electron chi connectivity index (χ2n) is 8.59. The largest absolute Gasteiger partial charge is 0.390 e. The maximum atomic E-state index is 13.7. The molecular formula is C23H24ClFN6OS. The fourth-order valence-electron chi connectivity index (χ4n) is 4.94. The maximum Gasteiger partial charge on any atom is 0.152 e. The van der Waals surface area contributed by atoms with Crippen molar-refractivity contribution in [3.63, 3.8) is 0 Å². The molecule has 5 rings (SSSR count). The van der Waals surface area contributed by atoms with Gasteiger partial charge in [0, 0.05) is 30.2 Å². The summed E-state index contributed by atoms with van der Waals surface area (Å²) in [4.78, 5) is 16.1. The van der Waals surface area contributed by atoms with Crippen LogP contribution in [0.25, 0.3) is 0 Å². The van der Waals surface area contributed by atoms with E-state index in [0.717, 1.165) is 48.4 Å². The number of aromatic nitrogens is 3. The van der Waals surface area contributed by atoms with Crippen LogP contribution in [0, 0.1) is 11.2 Å². The van der Waals surface area contributed by atoms with E-state index >= 15 is 0 Å². The lowest BCUT2D eigenvalue weighted by Gasteiger charge is -2.42. The molecule has 7 nitrogen and oxygen atoms in total. The van der Waals surface area contributed by atoms with Crippen molar-refractivity contribution in [2.45, 2.75) is 41.8 Å². The van der Waals surface area contributed by atoms with Crippen molar-refractivity contribution < 1.29 is 9.50 Å². The van der Waals surface area contributed by atoms with Crippen LogP contribution in [-0.4, -0.2) is 33.1 Å². The van der Waals surface area contributed by atoms with Crippen LogP contribution in [0.4, 0.5) is 16.0 Å². The molecule has 0 amide bonds. The van der Waals surface area contributed by atoms with Gasteiger partial charge in [0.15, 0.2) is 5.82 Å². The Morgan fingerprint density at radius 1 is 1.24 bits per heavy atom. The van der Waals surface area contributed by atoms with Gasteiger partial charge >= 0.3 is 0 Å². The van der Waals surface area contributed by atoms with Crippen LogP contribution in [0.5, 0.6) is 0 Å². The smallest absolute Gasteiger partial charge is 0.152 e. The number of nitrogens with two attached hydrogens (primary N) is 2. The number of piperidine rings is 1. The summed E-state index contributed by atoms with van der Waals surface area (Å²) < 4.78 is 13.7. The number of aliphatic hydroxyl groups is 1. The summed E-state index contributed by atoms with van der Waals surface area (Å²) in [6.45, 7) is 1.25. The first-order chi connectivity index (χ1) is 15.9. The van der Waals surface area contributed by atoms with Crippen molar-refractivity contribution in [2.75, 3.05) is 23.7 Å². The van der Waals surface area contributed by atoms with Crippen molar-refractivity contribution in [3.05, 3.63) is 64.3 Å². The normalized spacial score (nSPS) is 19.2. The number of rotatable bonds is 4. The van der Waals surface area contributed by atoms with Crippen LogP contribution in [0.2, 0.25) is 5.02 Å². The molecule has 1 aromatic carbocycles. The van der Waals surface area contributed by atoms with Crippen LogP contribution in [0.15, 0.2) is 46.6 Å². The highest BCUT2D eigenvalue weighted by Crippen LogP contribution is 2.51. The molecule has 2 aliphatic rings. The molecule has 1 aliphatic heterocycles. The minimum atomic E-state index is -0.241. The Bertz CT molecular complexity index is 1200. The minimum absolute atomic E-state index is 0.0761. The number of nitrogen functional groups attached to an aromatic ring is 1. The number of aliphatic hydroxyl groups excluding tert-OH is 1. The van der Waals surface area contributed by atoms with Gasteiger partial charge in [-0.15, -0.1) is 0 Å². The van der Waals surface area contributed by atoms with Gasteiger partial charge in [-0.2, -0.15) is 0 Å². The van der Waals surface area contributed by atoms with Gasteiger partial charge in [0.25, 0.3) is 0 Å². The van der Waals surface area contributed by atoms with E-state index in [1.165, 1.54) is 17.8 Å². The number of halogens is 2. The fourth-order valence-corrected chi connectivity index (χ4v) is 5.98. The van der Waals surface area contributed by atoms with Crippen LogP contribution >= 0.6 is 23.4 Å². The molecule has 0 bridgehead atoms. The van der Waals surface area contributed by atoms with Crippen LogP contribution in [-0.2, 0) is 13.0 Å². The number of hydrogen-bond acceptors (Lipinski definition) is 8. The molecule has 1 aliphatic carbocycles. The van der Waals surface area contributed by atoms with Crippen LogP contribution in [0.1, 0.15) is 35.7 Å². The Balaban J connectivity index is 1.32. The third kappa shape index (κ3) is 4.03. The second kappa shape index (κ2) is 8.72. The Kier molecular flexibility index (Phi) is 5.90. The number of anilines is 2. The summed E-state index contributed by atoms with van der Waals surface area (Å²) in [7, 11) is 0. The van der Waals surface area contributed by atoms with Gasteiger partial charge in [-0.1, -0.05) is 29.4 Å². The molecule has 0 saturated carbocycles. The Hall–Kier alpha value is -2.46. The maximum absolute atomic E-state index is 13.7. The average molecular weight is 487 g/mol. The van der Waals surface area contributed by atoms with E-state index in [9.17, 15) is 9.50 Å². The SMILES string of the molecule is Nc1nccc(Sc2cnc(N3CCC4(CC3)Cc3ccc(F)cc3[C@H]4N)c(CO)n2)c1Cl. The summed E-state index contributed by atoms with van der Waals surface area (Å²) >= 11 is 7.56. The second-order valence-corrected chi connectivity index (χ2v) is 10.0. The van der Waals surface area contributed by atoms with Crippen LogP contribution < -0.4 is 16.4 Å². The zero-order chi connectivity index (χ0) is 23.2. The highest BCUT2D eigenvalue weighted by molar-refractivity contribution is 7.99. The molecule has 33 heavy (non-hydrogen) atoms. The number of fused-ring (bicyclic) bond motifs is 1. The van der Waals surface area contributed by atoms with Crippen LogP contribution in [0.3, 0.4) is 0 Å². The zero-order valence-electron chi connectivity index (χ0n) is 17.8. The molecule has 0 radical (unpaired) electrons. The summed E-state index contributed by atoms with van der Waals surface area (Å²) in [5, 5.41) is 11.0. The van der Waals surface area contributed by atoms with Crippen molar-refractivity contribution >= 4 is 35.0 Å². The monoisotopic (exact) mass is 486 g/mol. The van der Waals surface area contributed by atoms with Gasteiger partial charge in [-0.3, -0.25) is 0 Å². The molecule has 3 aromatic rings. The summed E-state index contributed by atoms with van der Waals surface area (Å²) in [5.74, 6) is 0.688. The summed E-state index contributed by atoms with van der Waals surface area (Å²) in [5.41, 5.74) is 14.9. The molecule has 5 N–H and O–H groups in total. The predicted octanol–water partition coefficient (Wildman–Crippen LogP) is 3.73. The van der Waals surface area contributed by atoms with Gasteiger partial charge in [0.1, 0.15) is 22.4 Å². The molecule has 1 spiro atoms. The summed E-state index contributed by atoms with van der Waals surface area (Å²) in [6.07, 6.45) is 5.85. The lowest BCUT2D eigenvalue weighted by atomic mass is 9.73. The predicted molar refractivity (Wildman–Crippen MR) is 127 cm³/mol. The number of benzene rings is 1. The van der Waals surface area contributed by atoms with Gasteiger partial charge in [-0.05, 0) is 54.0 Å². The third-order valence-electron chi connectivity index (χ3n) is 6.75. The van der Waals surface area contributed by atoms with E-state index in [1.807, 2.05) is 6.07 Å². The number of nitrogens with zero attached hydrogens (tertiary/aromatic N) is 4. The van der Waals surface area contributed by atoms with E-state index in [4.69, 9.17) is 23.1 Å². The highest BCUT2D eigenvalue weighted by Gasteiger charge is 2.46. The van der Waals surface area contributed by atoms with Crippen molar-refractivity contribution in [1.29, 1.82) is 0 Å². The molecule has 10 heteroatoms. The van der Waals surface area contributed by atoms with E-state index in [1.54, 1.807) is 24.5 Å². The topological polar surface area (TPSA) is 114 Å². The van der Waals surface area contributed by atoms with Gasteiger partial charge in [0.05, 0.1) is 17.8 Å². The van der Waals surface area contributed by atoms with Gasteiger partial charge in [0.2, 0.25) is 0 Å². The van der Waals surface area contributed by atoms with Gasteiger partial charge in [-0.25, -0.2) is 19.3 Å². The van der Waals surface area contributed by atoms with Crippen molar-refractivity contribution in [2.24, 2.45) is 11.1 Å². The lowest BCUT2D eigenvalue weighted by Crippen LogP contribution is -2.45.